The molecule has 1 aromatic carbocycles. The Labute approximate surface area is 116 Å². The first kappa shape index (κ1) is 15.6. The van der Waals surface area contributed by atoms with Crippen molar-refractivity contribution >= 4 is 26.0 Å². The second kappa shape index (κ2) is 6.63. The lowest BCUT2D eigenvalue weighted by molar-refractivity contribution is 0.576. The monoisotopic (exact) mass is 337 g/mol. The van der Waals surface area contributed by atoms with E-state index in [1.165, 1.54) is 12.1 Å². The van der Waals surface area contributed by atoms with E-state index in [1.54, 1.807) is 6.92 Å². The third-order valence-corrected chi connectivity index (χ3v) is 5.35. The van der Waals surface area contributed by atoms with Crippen LogP contribution in [0.5, 0.6) is 0 Å². The summed E-state index contributed by atoms with van der Waals surface area (Å²) in [6.07, 6.45) is 1.66. The summed E-state index contributed by atoms with van der Waals surface area (Å²) < 4.78 is 39.4. The van der Waals surface area contributed by atoms with Crippen molar-refractivity contribution in [1.29, 1.82) is 0 Å². The minimum atomic E-state index is -3.55. The molecule has 0 spiro atoms. The van der Waals surface area contributed by atoms with Gasteiger partial charge in [0.15, 0.2) is 0 Å². The van der Waals surface area contributed by atoms with Gasteiger partial charge in [0.1, 0.15) is 5.82 Å². The summed E-state index contributed by atoms with van der Waals surface area (Å²) in [5.41, 5.74) is 0.411. The van der Waals surface area contributed by atoms with Crippen LogP contribution in [0.1, 0.15) is 25.3 Å². The van der Waals surface area contributed by atoms with Gasteiger partial charge < -0.3 is 0 Å². The summed E-state index contributed by atoms with van der Waals surface area (Å²) in [5.74, 6) is -0.432. The van der Waals surface area contributed by atoms with Gasteiger partial charge in [0.2, 0.25) is 10.0 Å². The van der Waals surface area contributed by atoms with E-state index in [9.17, 15) is 12.8 Å². The van der Waals surface area contributed by atoms with Crippen molar-refractivity contribution in [2.75, 3.05) is 6.54 Å². The Hall–Kier alpha value is -0.460. The van der Waals surface area contributed by atoms with E-state index in [0.717, 1.165) is 18.9 Å². The predicted molar refractivity (Wildman–Crippen MR) is 73.9 cm³/mol. The molecule has 1 aromatic rings. The molecule has 18 heavy (non-hydrogen) atoms. The van der Waals surface area contributed by atoms with Gasteiger partial charge in [-0.1, -0.05) is 22.9 Å². The van der Waals surface area contributed by atoms with E-state index in [4.69, 9.17) is 0 Å². The number of hydrogen-bond acceptors (Lipinski definition) is 2. The smallest absolute Gasteiger partial charge is 0.211 e. The largest absolute Gasteiger partial charge is 0.240 e. The Balaban J connectivity index is 2.74. The van der Waals surface area contributed by atoms with Gasteiger partial charge in [-0.3, -0.25) is 0 Å². The molecule has 6 heteroatoms. The number of aryl methyl sites for hydroxylation is 1. The minimum Gasteiger partial charge on any atom is -0.211 e. The minimum absolute atomic E-state index is 0.131. The first-order valence-corrected chi connectivity index (χ1v) is 8.16. The molecule has 0 saturated heterocycles. The van der Waals surface area contributed by atoms with Crippen molar-refractivity contribution in [3.63, 3.8) is 0 Å². The number of halogens is 2. The number of sulfonamides is 1. The number of benzene rings is 1. The Morgan fingerprint density at radius 1 is 1.44 bits per heavy atom. The Morgan fingerprint density at radius 3 is 2.67 bits per heavy atom. The fraction of sp³-hybridized carbons (Fsp3) is 0.500. The first-order chi connectivity index (χ1) is 8.36. The molecule has 1 N–H and O–H groups in total. The van der Waals surface area contributed by atoms with Gasteiger partial charge in [-0.05, 0) is 43.5 Å². The molecule has 0 radical (unpaired) electrons. The summed E-state index contributed by atoms with van der Waals surface area (Å²) in [4.78, 5) is 0.432. The second-order valence-corrected chi connectivity index (χ2v) is 7.13. The fourth-order valence-corrected chi connectivity index (χ4v) is 3.05. The van der Waals surface area contributed by atoms with Crippen molar-refractivity contribution in [1.82, 2.24) is 4.72 Å². The maximum Gasteiger partial charge on any atom is 0.240 e. The predicted octanol–water partition coefficient (Wildman–Crippen LogP) is 2.98. The highest BCUT2D eigenvalue weighted by Crippen LogP contribution is 2.16. The van der Waals surface area contributed by atoms with Gasteiger partial charge in [0.25, 0.3) is 0 Å². The molecule has 0 saturated carbocycles. The normalized spacial score (nSPS) is 13.6. The lowest BCUT2D eigenvalue weighted by Gasteiger charge is -2.11. The third kappa shape index (κ3) is 4.33. The van der Waals surface area contributed by atoms with Crippen LogP contribution in [0.3, 0.4) is 0 Å². The number of rotatable bonds is 6. The summed E-state index contributed by atoms with van der Waals surface area (Å²) in [5, 5.41) is 0. The molecule has 0 aromatic heterocycles. The second-order valence-electron chi connectivity index (χ2n) is 4.10. The van der Waals surface area contributed by atoms with Crippen LogP contribution in [0.25, 0.3) is 0 Å². The lowest BCUT2D eigenvalue weighted by atomic mass is 10.2. The van der Waals surface area contributed by atoms with Gasteiger partial charge >= 0.3 is 0 Å². The van der Waals surface area contributed by atoms with Gasteiger partial charge in [-0.25, -0.2) is 17.5 Å². The van der Waals surface area contributed by atoms with E-state index in [-0.39, 0.29) is 4.90 Å². The Bertz CT molecular complexity index is 505. The van der Waals surface area contributed by atoms with Crippen LogP contribution in [0.15, 0.2) is 23.1 Å². The third-order valence-electron chi connectivity index (χ3n) is 2.62. The molecule has 1 rings (SSSR count). The number of nitrogens with one attached hydrogen (secondary N) is 1. The van der Waals surface area contributed by atoms with E-state index in [0.29, 0.717) is 16.9 Å². The van der Waals surface area contributed by atoms with Crippen molar-refractivity contribution in [2.24, 2.45) is 0 Å². The zero-order valence-corrected chi connectivity index (χ0v) is 12.8. The van der Waals surface area contributed by atoms with Crippen LogP contribution in [-0.2, 0) is 10.0 Å². The van der Waals surface area contributed by atoms with Crippen LogP contribution >= 0.6 is 15.9 Å². The van der Waals surface area contributed by atoms with Gasteiger partial charge in [0.05, 0.1) is 4.90 Å². The average molecular weight is 338 g/mol. The lowest BCUT2D eigenvalue weighted by Crippen LogP contribution is -2.26. The van der Waals surface area contributed by atoms with Crippen LogP contribution in [-0.4, -0.2) is 19.8 Å². The van der Waals surface area contributed by atoms with Gasteiger partial charge in [-0.15, -0.1) is 0 Å². The highest BCUT2D eigenvalue weighted by molar-refractivity contribution is 9.09. The maximum absolute atomic E-state index is 12.9. The molecule has 3 nitrogen and oxygen atoms in total. The summed E-state index contributed by atoms with van der Waals surface area (Å²) in [7, 11) is -3.55. The quantitative estimate of drug-likeness (QED) is 0.811. The molecule has 1 atom stereocenters. The van der Waals surface area contributed by atoms with E-state index >= 15 is 0 Å². The van der Waals surface area contributed by atoms with E-state index < -0.39 is 15.8 Å². The first-order valence-electron chi connectivity index (χ1n) is 5.76. The summed E-state index contributed by atoms with van der Waals surface area (Å²) >= 11 is 3.44. The molecular weight excluding hydrogens is 321 g/mol. The molecule has 1 unspecified atom stereocenters. The molecule has 0 aliphatic rings. The maximum atomic E-state index is 12.9. The molecule has 102 valence electrons. The van der Waals surface area contributed by atoms with Crippen molar-refractivity contribution in [3.8, 4) is 0 Å². The van der Waals surface area contributed by atoms with E-state index in [2.05, 4.69) is 20.7 Å². The molecule has 0 fully saturated rings. The zero-order valence-electron chi connectivity index (χ0n) is 10.4. The average Bonchev–Trinajstić information content (AvgIpc) is 2.27. The highest BCUT2D eigenvalue weighted by atomic mass is 79.9. The molecule has 0 heterocycles. The Morgan fingerprint density at radius 2 is 2.11 bits per heavy atom. The number of alkyl halides is 1. The molecular formula is C12H17BrFNO2S. The van der Waals surface area contributed by atoms with Crippen molar-refractivity contribution < 1.29 is 12.8 Å². The highest BCUT2D eigenvalue weighted by Gasteiger charge is 2.16. The van der Waals surface area contributed by atoms with Crippen LogP contribution in [0, 0.1) is 12.7 Å². The van der Waals surface area contributed by atoms with Gasteiger partial charge in [-0.2, -0.15) is 0 Å². The SMILES string of the molecule is CCC(Br)CCNS(=O)(=O)c1ccc(F)cc1C. The molecule has 0 aliphatic heterocycles. The Kier molecular flexibility index (Phi) is 5.75. The molecule has 0 aliphatic carbocycles. The van der Waals surface area contributed by atoms with Crippen LogP contribution < -0.4 is 4.72 Å². The van der Waals surface area contributed by atoms with Crippen LogP contribution in [0.2, 0.25) is 0 Å². The molecule has 0 bridgehead atoms. The standard InChI is InChI=1S/C12H17BrFNO2S/c1-3-10(13)6-7-15-18(16,17)12-5-4-11(14)8-9(12)2/h4-5,8,10,15H,3,6-7H2,1-2H3. The van der Waals surface area contributed by atoms with E-state index in [1.807, 2.05) is 6.92 Å². The molecule has 0 amide bonds. The van der Waals surface area contributed by atoms with Crippen molar-refractivity contribution in [2.45, 2.75) is 36.4 Å². The van der Waals surface area contributed by atoms with Crippen molar-refractivity contribution in [3.05, 3.63) is 29.6 Å². The fourth-order valence-electron chi connectivity index (χ4n) is 1.55. The summed E-state index contributed by atoms with van der Waals surface area (Å²) in [6, 6.07) is 3.66. The zero-order chi connectivity index (χ0) is 13.8. The topological polar surface area (TPSA) is 46.2 Å². The number of hydrogen-bond donors (Lipinski definition) is 1. The van der Waals surface area contributed by atoms with Crippen LogP contribution in [0.4, 0.5) is 4.39 Å². The summed E-state index contributed by atoms with van der Waals surface area (Å²) in [6.45, 7) is 3.97. The van der Waals surface area contributed by atoms with Gasteiger partial charge in [0, 0.05) is 11.4 Å².